The molecule has 3 aromatic carbocycles. The molecule has 1 heterocycles. The van der Waals surface area contributed by atoms with Crippen molar-refractivity contribution in [2.45, 2.75) is 6.42 Å². The van der Waals surface area contributed by atoms with Gasteiger partial charge in [0.1, 0.15) is 11.5 Å². The molecule has 4 heteroatoms. The van der Waals surface area contributed by atoms with Crippen LogP contribution >= 0.6 is 0 Å². The number of rotatable bonds is 5. The fourth-order valence-electron chi connectivity index (χ4n) is 3.14. The third-order valence-corrected chi connectivity index (χ3v) is 4.47. The number of amides is 1. The van der Waals surface area contributed by atoms with Gasteiger partial charge in [-0.05, 0) is 54.4 Å². The predicted octanol–water partition coefficient (Wildman–Crippen LogP) is 4.48. The van der Waals surface area contributed by atoms with Crippen LogP contribution in [-0.4, -0.2) is 19.0 Å². The third kappa shape index (κ3) is 3.54. The third-order valence-electron chi connectivity index (χ3n) is 4.47. The number of hydrogen-bond acceptors (Lipinski definition) is 3. The Balaban J connectivity index is 1.34. The van der Waals surface area contributed by atoms with E-state index in [1.54, 1.807) is 0 Å². The van der Waals surface area contributed by atoms with Crippen LogP contribution in [0.4, 0.5) is 11.4 Å². The number of nitrogens with one attached hydrogen (secondary N) is 1. The Labute approximate surface area is 153 Å². The predicted molar refractivity (Wildman–Crippen MR) is 104 cm³/mol. The summed E-state index contributed by atoms with van der Waals surface area (Å²) in [5.74, 6) is 1.65. The SMILES string of the molecule is O=C(CNc1ccc(Oc2ccccc2)cc1)N1CCc2ccccc21. The van der Waals surface area contributed by atoms with Crippen LogP contribution in [0.1, 0.15) is 5.56 Å². The smallest absolute Gasteiger partial charge is 0.246 e. The minimum absolute atomic E-state index is 0.0829. The number of carbonyl (C=O) groups is 1. The number of anilines is 2. The van der Waals surface area contributed by atoms with Gasteiger partial charge in [-0.25, -0.2) is 0 Å². The van der Waals surface area contributed by atoms with E-state index in [4.69, 9.17) is 4.74 Å². The number of hydrogen-bond donors (Lipinski definition) is 1. The lowest BCUT2D eigenvalue weighted by Gasteiger charge is -2.18. The number of fused-ring (bicyclic) bond motifs is 1. The molecular formula is C22H20N2O2. The van der Waals surface area contributed by atoms with E-state index >= 15 is 0 Å². The first-order chi connectivity index (χ1) is 12.8. The zero-order valence-corrected chi connectivity index (χ0v) is 14.4. The van der Waals surface area contributed by atoms with E-state index in [0.717, 1.165) is 35.8 Å². The van der Waals surface area contributed by atoms with Crippen LogP contribution in [0.25, 0.3) is 0 Å². The van der Waals surface area contributed by atoms with Crippen LogP contribution in [-0.2, 0) is 11.2 Å². The van der Waals surface area contributed by atoms with Gasteiger partial charge < -0.3 is 15.0 Å². The van der Waals surface area contributed by atoms with E-state index in [1.165, 1.54) is 5.56 Å². The second-order valence-electron chi connectivity index (χ2n) is 6.22. The summed E-state index contributed by atoms with van der Waals surface area (Å²) in [6, 6.07) is 25.4. The fraction of sp³-hybridized carbons (Fsp3) is 0.136. The Morgan fingerprint density at radius 1 is 0.885 bits per heavy atom. The molecule has 1 aliphatic heterocycles. The summed E-state index contributed by atoms with van der Waals surface area (Å²) in [5.41, 5.74) is 3.17. The van der Waals surface area contributed by atoms with E-state index in [0.29, 0.717) is 0 Å². The lowest BCUT2D eigenvalue weighted by molar-refractivity contribution is -0.116. The normalized spacial score (nSPS) is 12.5. The fourth-order valence-corrected chi connectivity index (χ4v) is 3.14. The zero-order chi connectivity index (χ0) is 17.8. The molecule has 4 nitrogen and oxygen atoms in total. The summed E-state index contributed by atoms with van der Waals surface area (Å²) >= 11 is 0. The minimum Gasteiger partial charge on any atom is -0.457 e. The highest BCUT2D eigenvalue weighted by Gasteiger charge is 2.23. The van der Waals surface area contributed by atoms with Gasteiger partial charge in [-0.3, -0.25) is 4.79 Å². The first kappa shape index (κ1) is 16.2. The largest absolute Gasteiger partial charge is 0.457 e. The molecular weight excluding hydrogens is 324 g/mol. The topological polar surface area (TPSA) is 41.6 Å². The van der Waals surface area contributed by atoms with Gasteiger partial charge in [0.05, 0.1) is 6.54 Å². The number of benzene rings is 3. The van der Waals surface area contributed by atoms with Gasteiger partial charge in [0.15, 0.2) is 0 Å². The van der Waals surface area contributed by atoms with Gasteiger partial charge in [-0.1, -0.05) is 36.4 Å². The molecule has 4 rings (SSSR count). The summed E-state index contributed by atoms with van der Waals surface area (Å²) in [5, 5.41) is 3.20. The van der Waals surface area contributed by atoms with Crippen LogP contribution < -0.4 is 15.0 Å². The zero-order valence-electron chi connectivity index (χ0n) is 14.4. The second kappa shape index (κ2) is 7.31. The number of carbonyl (C=O) groups excluding carboxylic acids is 1. The molecule has 0 aliphatic carbocycles. The summed E-state index contributed by atoms with van der Waals surface area (Å²) in [7, 11) is 0. The van der Waals surface area contributed by atoms with Crippen molar-refractivity contribution < 1.29 is 9.53 Å². The first-order valence-corrected chi connectivity index (χ1v) is 8.75. The lowest BCUT2D eigenvalue weighted by atomic mass is 10.2. The summed E-state index contributed by atoms with van der Waals surface area (Å²) < 4.78 is 5.78. The maximum atomic E-state index is 12.5. The molecule has 130 valence electrons. The standard InChI is InChI=1S/C22H20N2O2/c25-22(24-15-14-17-6-4-5-9-21(17)24)16-23-18-10-12-20(13-11-18)26-19-7-2-1-3-8-19/h1-13,23H,14-16H2. The molecule has 0 fully saturated rings. The van der Waals surface area contributed by atoms with Gasteiger partial charge >= 0.3 is 0 Å². The molecule has 0 radical (unpaired) electrons. The Kier molecular flexibility index (Phi) is 4.56. The average Bonchev–Trinajstić information content (AvgIpc) is 3.12. The molecule has 1 amide bonds. The minimum atomic E-state index is 0.0829. The molecule has 26 heavy (non-hydrogen) atoms. The van der Waals surface area contributed by atoms with Crippen LogP contribution in [0.2, 0.25) is 0 Å². The molecule has 0 saturated carbocycles. The van der Waals surface area contributed by atoms with Gasteiger partial charge in [0.2, 0.25) is 5.91 Å². The Bertz CT molecular complexity index is 892. The van der Waals surface area contributed by atoms with E-state index in [2.05, 4.69) is 11.4 Å². The van der Waals surface area contributed by atoms with Crippen molar-refractivity contribution >= 4 is 17.3 Å². The first-order valence-electron chi connectivity index (χ1n) is 8.75. The van der Waals surface area contributed by atoms with Crippen molar-refractivity contribution in [3.8, 4) is 11.5 Å². The highest BCUT2D eigenvalue weighted by atomic mass is 16.5. The Morgan fingerprint density at radius 2 is 1.58 bits per heavy atom. The van der Waals surface area contributed by atoms with E-state index in [9.17, 15) is 4.79 Å². The molecule has 0 saturated heterocycles. The van der Waals surface area contributed by atoms with Crippen LogP contribution in [0.15, 0.2) is 78.9 Å². The van der Waals surface area contributed by atoms with E-state index < -0.39 is 0 Å². The van der Waals surface area contributed by atoms with Crippen LogP contribution in [0.5, 0.6) is 11.5 Å². The van der Waals surface area contributed by atoms with E-state index in [-0.39, 0.29) is 12.5 Å². The summed E-state index contributed by atoms with van der Waals surface area (Å²) in [6.45, 7) is 1.02. The molecule has 0 aromatic heterocycles. The van der Waals surface area contributed by atoms with E-state index in [1.807, 2.05) is 77.7 Å². The molecule has 0 unspecified atom stereocenters. The summed E-state index contributed by atoms with van der Waals surface area (Å²) in [6.07, 6.45) is 0.924. The highest BCUT2D eigenvalue weighted by molar-refractivity contribution is 5.98. The number of ether oxygens (including phenoxy) is 1. The lowest BCUT2D eigenvalue weighted by Crippen LogP contribution is -2.34. The maximum Gasteiger partial charge on any atom is 0.246 e. The van der Waals surface area contributed by atoms with Crippen LogP contribution in [0, 0.1) is 0 Å². The van der Waals surface area contributed by atoms with Crippen molar-refractivity contribution in [2.75, 3.05) is 23.3 Å². The highest BCUT2D eigenvalue weighted by Crippen LogP contribution is 2.27. The van der Waals surface area contributed by atoms with Crippen LogP contribution in [0.3, 0.4) is 0 Å². The molecule has 3 aromatic rings. The summed E-state index contributed by atoms with van der Waals surface area (Å²) in [4.78, 5) is 14.4. The van der Waals surface area contributed by atoms with Gasteiger partial charge in [-0.2, -0.15) is 0 Å². The molecule has 0 spiro atoms. The van der Waals surface area contributed by atoms with Gasteiger partial charge in [0.25, 0.3) is 0 Å². The maximum absolute atomic E-state index is 12.5. The van der Waals surface area contributed by atoms with Crippen molar-refractivity contribution in [1.29, 1.82) is 0 Å². The monoisotopic (exact) mass is 344 g/mol. The molecule has 1 aliphatic rings. The molecule has 0 atom stereocenters. The number of nitrogens with zero attached hydrogens (tertiary/aromatic N) is 1. The second-order valence-corrected chi connectivity index (χ2v) is 6.22. The Morgan fingerprint density at radius 3 is 2.38 bits per heavy atom. The Hall–Kier alpha value is -3.27. The average molecular weight is 344 g/mol. The van der Waals surface area contributed by atoms with Crippen molar-refractivity contribution in [1.82, 2.24) is 0 Å². The molecule has 1 N–H and O–H groups in total. The quantitative estimate of drug-likeness (QED) is 0.742. The van der Waals surface area contributed by atoms with Gasteiger partial charge in [0, 0.05) is 17.9 Å². The van der Waals surface area contributed by atoms with Gasteiger partial charge in [-0.15, -0.1) is 0 Å². The van der Waals surface area contributed by atoms with Crippen molar-refractivity contribution in [3.05, 3.63) is 84.4 Å². The number of para-hydroxylation sites is 2. The molecule has 0 bridgehead atoms. The van der Waals surface area contributed by atoms with Crippen molar-refractivity contribution in [3.63, 3.8) is 0 Å². The van der Waals surface area contributed by atoms with Crippen molar-refractivity contribution in [2.24, 2.45) is 0 Å².